The van der Waals surface area contributed by atoms with Crippen LogP contribution in [0.15, 0.2) is 0 Å². The molecule has 1 amide bonds. The summed E-state index contributed by atoms with van der Waals surface area (Å²) in [6, 6.07) is -0.470. The lowest BCUT2D eigenvalue weighted by molar-refractivity contribution is -0.148. The molecule has 0 aromatic carbocycles. The maximum Gasteiger partial charge on any atom is 0.308 e. The molecule has 4 fully saturated rings. The number of carboxylic acid groups (broad SMARTS) is 2. The fourth-order valence-corrected chi connectivity index (χ4v) is 9.67. The molecule has 4 saturated carbocycles. The normalized spacial score (nSPS) is 39.9. The van der Waals surface area contributed by atoms with Crippen molar-refractivity contribution in [2.75, 3.05) is 13.2 Å². The van der Waals surface area contributed by atoms with Crippen molar-refractivity contribution in [3.63, 3.8) is 0 Å². The Bertz CT molecular complexity index is 981. The summed E-state index contributed by atoms with van der Waals surface area (Å²) in [5, 5.41) is 30.5. The topological polar surface area (TPSA) is 154 Å². The Morgan fingerprint density at radius 2 is 1.11 bits per heavy atom. The van der Waals surface area contributed by atoms with Gasteiger partial charge in [0.15, 0.2) is 0 Å². The molecule has 4 aliphatic carbocycles. The molecule has 0 heterocycles. The molecule has 0 aliphatic heterocycles. The Balaban J connectivity index is 1.10. The third kappa shape index (κ3) is 9.74. The molecule has 14 heteroatoms. The first-order valence-electron chi connectivity index (χ1n) is 16.5. The lowest BCUT2D eigenvalue weighted by atomic mass is 9.68. The Kier molecular flexibility index (Phi) is 14.6. The van der Waals surface area contributed by atoms with Crippen LogP contribution in [0.4, 0.5) is 0 Å². The second kappa shape index (κ2) is 17.7. The van der Waals surface area contributed by atoms with Crippen LogP contribution in [0.1, 0.15) is 83.5 Å². The zero-order chi connectivity index (χ0) is 32.7. The maximum atomic E-state index is 13.0. The quantitative estimate of drug-likeness (QED) is 0.0958. The molecule has 0 bridgehead atoms. The predicted molar refractivity (Wildman–Crippen MR) is 171 cm³/mol. The molecule has 9 atom stereocenters. The molecule has 4 aliphatic rings. The third-order valence-electron chi connectivity index (χ3n) is 10.5. The van der Waals surface area contributed by atoms with E-state index in [1.165, 1.54) is 0 Å². The number of alkyl halides is 4. The molecule has 0 spiro atoms. The lowest BCUT2D eigenvalue weighted by Gasteiger charge is -2.44. The minimum atomic E-state index is -1.08. The van der Waals surface area contributed by atoms with Gasteiger partial charge in [0.25, 0.3) is 0 Å². The van der Waals surface area contributed by atoms with Crippen molar-refractivity contribution >= 4 is 64.2 Å². The van der Waals surface area contributed by atoms with E-state index in [-0.39, 0.29) is 35.5 Å². The van der Waals surface area contributed by atoms with Crippen molar-refractivity contribution in [2.24, 2.45) is 29.6 Å². The average molecular weight is 719 g/mol. The number of halogens is 4. The van der Waals surface area contributed by atoms with Crippen LogP contribution in [-0.4, -0.2) is 92.3 Å². The van der Waals surface area contributed by atoms with Crippen LogP contribution in [0, 0.1) is 29.6 Å². The highest BCUT2D eigenvalue weighted by Gasteiger charge is 2.49. The van der Waals surface area contributed by atoms with Crippen LogP contribution in [-0.2, 0) is 23.9 Å². The van der Waals surface area contributed by atoms with Crippen molar-refractivity contribution in [3.05, 3.63) is 0 Å². The van der Waals surface area contributed by atoms with Gasteiger partial charge in [-0.05, 0) is 89.4 Å². The highest BCUT2D eigenvalue weighted by atomic mass is 35.5. The molecule has 10 nitrogen and oxygen atoms in total. The van der Waals surface area contributed by atoms with Gasteiger partial charge >= 0.3 is 11.9 Å². The van der Waals surface area contributed by atoms with Gasteiger partial charge in [0.1, 0.15) is 0 Å². The lowest BCUT2D eigenvalue weighted by Crippen LogP contribution is -2.54. The van der Waals surface area contributed by atoms with Crippen LogP contribution < -0.4 is 10.8 Å². The zero-order valence-corrected chi connectivity index (χ0v) is 28.5. The molecule has 4 rings (SSSR count). The van der Waals surface area contributed by atoms with Crippen molar-refractivity contribution in [1.29, 1.82) is 0 Å². The number of amides is 1. The number of hydrogen-bond donors (Lipinski definition) is 5. The molecule has 5 N–H and O–H groups in total. The Morgan fingerprint density at radius 3 is 1.62 bits per heavy atom. The van der Waals surface area contributed by atoms with Crippen LogP contribution in [0.2, 0.25) is 0 Å². The molecule has 45 heavy (non-hydrogen) atoms. The largest absolute Gasteiger partial charge is 0.481 e. The second-order valence-corrected chi connectivity index (χ2v) is 15.6. The Labute approximate surface area is 285 Å². The number of carboxylic acids is 2. The van der Waals surface area contributed by atoms with Crippen molar-refractivity contribution in [3.8, 4) is 0 Å². The van der Waals surface area contributed by atoms with Gasteiger partial charge in [-0.25, -0.2) is 5.48 Å². The van der Waals surface area contributed by atoms with Crippen LogP contribution in [0.5, 0.6) is 0 Å². The summed E-state index contributed by atoms with van der Waals surface area (Å²) in [6.45, 7) is 1.16. The first kappa shape index (κ1) is 37.2. The fourth-order valence-electron chi connectivity index (χ4n) is 8.04. The van der Waals surface area contributed by atoms with E-state index in [0.29, 0.717) is 38.9 Å². The number of aliphatic carboxylic acids is 2. The highest BCUT2D eigenvalue weighted by molar-refractivity contribution is 6.25. The molecule has 258 valence electrons. The number of hydroxylamine groups is 1. The Morgan fingerprint density at radius 1 is 0.644 bits per heavy atom. The summed E-state index contributed by atoms with van der Waals surface area (Å²) in [5.41, 5.74) is 2.40. The molecule has 0 saturated heterocycles. The van der Waals surface area contributed by atoms with Gasteiger partial charge in [-0.2, -0.15) is 0 Å². The van der Waals surface area contributed by atoms with E-state index in [0.717, 1.165) is 57.8 Å². The van der Waals surface area contributed by atoms with E-state index < -0.39 is 57.8 Å². The summed E-state index contributed by atoms with van der Waals surface area (Å²) >= 11 is 25.6. The van der Waals surface area contributed by atoms with Gasteiger partial charge < -0.3 is 30.2 Å². The number of rotatable bonds is 13. The predicted octanol–water partition coefficient (Wildman–Crippen LogP) is 5.39. The van der Waals surface area contributed by atoms with Gasteiger partial charge in [0.2, 0.25) is 5.91 Å². The summed E-state index contributed by atoms with van der Waals surface area (Å²) in [4.78, 5) is 36.7. The molecule has 0 aromatic heterocycles. The fraction of sp³-hybridized carbons (Fsp3) is 0.903. The minimum Gasteiger partial charge on any atom is -0.481 e. The van der Waals surface area contributed by atoms with Crippen molar-refractivity contribution < 1.29 is 39.3 Å². The molecule has 0 radical (unpaired) electrons. The van der Waals surface area contributed by atoms with E-state index in [1.807, 2.05) is 0 Å². The molecular formula is C31H48Cl4N2O8. The molecule has 9 unspecified atom stereocenters. The van der Waals surface area contributed by atoms with Gasteiger partial charge in [-0.3, -0.25) is 14.4 Å². The first-order chi connectivity index (χ1) is 21.5. The second-order valence-electron chi connectivity index (χ2n) is 13.3. The SMILES string of the molecule is O=C(O)C1C(Cl)CCC(Cl)C1C(=O)NC1CCC(OCCCOC2CCC(C(NO)C3C(Cl)CCC(Cl)C3C(=O)O)CC2)CC1. The summed E-state index contributed by atoms with van der Waals surface area (Å²) in [6.07, 6.45) is 9.54. The van der Waals surface area contributed by atoms with Gasteiger partial charge in [0.05, 0.1) is 30.0 Å². The first-order valence-corrected chi connectivity index (χ1v) is 18.2. The van der Waals surface area contributed by atoms with Crippen molar-refractivity contribution in [1.82, 2.24) is 10.8 Å². The third-order valence-corrected chi connectivity index (χ3v) is 12.5. The maximum absolute atomic E-state index is 13.0. The number of ether oxygens (including phenoxy) is 2. The minimum absolute atomic E-state index is 0.0368. The summed E-state index contributed by atoms with van der Waals surface area (Å²) < 4.78 is 12.2. The summed E-state index contributed by atoms with van der Waals surface area (Å²) in [5.74, 6) is -5.36. The highest BCUT2D eigenvalue weighted by Crippen LogP contribution is 2.43. The average Bonchev–Trinajstić information content (AvgIpc) is 3.01. The standard InChI is InChI=1S/C31H48Cl4N2O8/c32-20-10-12-22(34)26(30(39)40)24(20)28(37-43)16-2-6-18(7-3-16)44-14-1-15-45-19-8-4-17(5-9-19)36-29(38)25-21(33)11-13-23(35)27(25)31(41)42/h16-28,37,43H,1-15H2,(H,36,38)(H,39,40)(H,41,42). The monoisotopic (exact) mass is 716 g/mol. The van der Waals surface area contributed by atoms with Gasteiger partial charge in [-0.15, -0.1) is 46.4 Å². The summed E-state index contributed by atoms with van der Waals surface area (Å²) in [7, 11) is 0. The van der Waals surface area contributed by atoms with Crippen LogP contribution in [0.25, 0.3) is 0 Å². The molecular weight excluding hydrogens is 670 g/mol. The Hall–Kier alpha value is -0.590. The van der Waals surface area contributed by atoms with E-state index >= 15 is 0 Å². The van der Waals surface area contributed by atoms with E-state index in [1.54, 1.807) is 0 Å². The van der Waals surface area contributed by atoms with E-state index in [9.17, 15) is 29.8 Å². The number of hydrogen-bond acceptors (Lipinski definition) is 7. The molecule has 0 aromatic rings. The van der Waals surface area contributed by atoms with Gasteiger partial charge in [0, 0.05) is 52.7 Å². The van der Waals surface area contributed by atoms with Crippen LogP contribution >= 0.6 is 46.4 Å². The zero-order valence-electron chi connectivity index (χ0n) is 25.5. The van der Waals surface area contributed by atoms with Crippen molar-refractivity contribution in [2.45, 2.75) is 129 Å². The van der Waals surface area contributed by atoms with E-state index in [2.05, 4.69) is 10.8 Å². The number of carbonyl (C=O) groups excluding carboxylic acids is 1. The number of carbonyl (C=O) groups is 3. The van der Waals surface area contributed by atoms with E-state index in [4.69, 9.17) is 55.9 Å². The van der Waals surface area contributed by atoms with Gasteiger partial charge in [-0.1, -0.05) is 0 Å². The number of nitrogens with one attached hydrogen (secondary N) is 2. The smallest absolute Gasteiger partial charge is 0.308 e. The van der Waals surface area contributed by atoms with Crippen LogP contribution in [0.3, 0.4) is 0 Å².